The lowest BCUT2D eigenvalue weighted by atomic mass is 9.93. The van der Waals surface area contributed by atoms with Gasteiger partial charge in [0.2, 0.25) is 5.91 Å². The molecule has 3 saturated heterocycles. The first kappa shape index (κ1) is 21.1. The van der Waals surface area contributed by atoms with Crippen LogP contribution >= 0.6 is 0 Å². The molecule has 0 saturated carbocycles. The number of alkyl halides is 3. The minimum atomic E-state index is -4.62. The summed E-state index contributed by atoms with van der Waals surface area (Å²) in [5, 5.41) is 0. The highest BCUT2D eigenvalue weighted by Gasteiger charge is 2.43. The Morgan fingerprint density at radius 3 is 2.67 bits per heavy atom. The normalized spacial score (nSPS) is 27.7. The molecule has 3 heterocycles. The number of halogens is 3. The molecule has 6 nitrogen and oxygen atoms in total. The number of ether oxygens (including phenoxy) is 2. The number of amides is 2. The highest BCUT2D eigenvalue weighted by molar-refractivity contribution is 5.99. The van der Waals surface area contributed by atoms with Crippen molar-refractivity contribution in [3.63, 3.8) is 0 Å². The molecule has 0 aliphatic carbocycles. The summed E-state index contributed by atoms with van der Waals surface area (Å²) in [5.41, 5.74) is -1.51. The van der Waals surface area contributed by atoms with Gasteiger partial charge in [0, 0.05) is 37.4 Å². The predicted molar refractivity (Wildman–Crippen MR) is 102 cm³/mol. The average Bonchev–Trinajstić information content (AvgIpc) is 3.12. The molecule has 164 valence electrons. The van der Waals surface area contributed by atoms with Crippen LogP contribution in [0.1, 0.15) is 48.5 Å². The lowest BCUT2D eigenvalue weighted by molar-refractivity contribution is -0.188. The molecule has 3 aliphatic rings. The van der Waals surface area contributed by atoms with Crippen molar-refractivity contribution in [3.05, 3.63) is 29.3 Å². The van der Waals surface area contributed by atoms with Crippen LogP contribution in [0.15, 0.2) is 18.2 Å². The van der Waals surface area contributed by atoms with E-state index in [0.29, 0.717) is 32.6 Å². The average molecular weight is 426 g/mol. The monoisotopic (exact) mass is 426 g/mol. The van der Waals surface area contributed by atoms with Crippen LogP contribution in [-0.4, -0.2) is 61.3 Å². The van der Waals surface area contributed by atoms with E-state index in [0.717, 1.165) is 25.0 Å². The van der Waals surface area contributed by atoms with Crippen LogP contribution in [-0.2, 0) is 20.4 Å². The van der Waals surface area contributed by atoms with E-state index in [1.807, 2.05) is 6.92 Å². The van der Waals surface area contributed by atoms with E-state index < -0.39 is 23.2 Å². The largest absolute Gasteiger partial charge is 0.416 e. The Kier molecular flexibility index (Phi) is 5.52. The molecule has 30 heavy (non-hydrogen) atoms. The molecule has 0 N–H and O–H groups in total. The van der Waals surface area contributed by atoms with Crippen LogP contribution in [0.3, 0.4) is 0 Å². The van der Waals surface area contributed by atoms with Gasteiger partial charge in [-0.15, -0.1) is 0 Å². The molecule has 2 amide bonds. The Morgan fingerprint density at radius 1 is 1.23 bits per heavy atom. The number of carbonyl (C=O) groups is 2. The number of nitrogens with zero attached hydrogens (tertiary/aromatic N) is 2. The molecule has 0 bridgehead atoms. The van der Waals surface area contributed by atoms with Crippen molar-refractivity contribution in [1.82, 2.24) is 4.90 Å². The Morgan fingerprint density at radius 2 is 2.03 bits per heavy atom. The molecule has 2 unspecified atom stereocenters. The van der Waals surface area contributed by atoms with Crippen molar-refractivity contribution in [3.8, 4) is 0 Å². The third kappa shape index (κ3) is 4.18. The number of carbonyl (C=O) groups excluding carboxylic acids is 2. The van der Waals surface area contributed by atoms with Crippen LogP contribution in [0.2, 0.25) is 0 Å². The smallest absolute Gasteiger partial charge is 0.378 e. The van der Waals surface area contributed by atoms with Gasteiger partial charge in [-0.05, 0) is 44.4 Å². The van der Waals surface area contributed by atoms with E-state index in [1.165, 1.54) is 11.0 Å². The fraction of sp³-hybridized carbons (Fsp3) is 0.619. The molecule has 2 atom stereocenters. The van der Waals surface area contributed by atoms with Gasteiger partial charge >= 0.3 is 6.18 Å². The van der Waals surface area contributed by atoms with Gasteiger partial charge in [0.25, 0.3) is 5.91 Å². The van der Waals surface area contributed by atoms with E-state index >= 15 is 0 Å². The Bertz CT molecular complexity index is 836. The quantitative estimate of drug-likeness (QED) is 0.729. The second-order valence-corrected chi connectivity index (χ2v) is 8.37. The zero-order valence-electron chi connectivity index (χ0n) is 16.8. The number of morpholine rings is 1. The summed E-state index contributed by atoms with van der Waals surface area (Å²) in [5.74, 6) is -0.722. The van der Waals surface area contributed by atoms with E-state index in [4.69, 9.17) is 9.47 Å². The van der Waals surface area contributed by atoms with Crippen LogP contribution in [0.4, 0.5) is 18.9 Å². The summed E-state index contributed by atoms with van der Waals surface area (Å²) < 4.78 is 52.2. The standard InChI is InChI=1S/C21H25F3N2O4/c1-14-11-25(12-20(30-14)5-3-7-29-13-20)19(28)15-8-16(21(22,23)24)10-17(9-15)26-6-2-4-18(26)27/h8-10,14H,2-7,11-13H2,1H3. The first-order chi connectivity index (χ1) is 14.2. The van der Waals surface area contributed by atoms with Gasteiger partial charge in [-0.1, -0.05) is 0 Å². The molecule has 1 spiro atoms. The van der Waals surface area contributed by atoms with E-state index in [1.54, 1.807) is 4.90 Å². The summed E-state index contributed by atoms with van der Waals surface area (Å²) in [4.78, 5) is 28.2. The van der Waals surface area contributed by atoms with E-state index in [-0.39, 0.29) is 36.4 Å². The lowest BCUT2D eigenvalue weighted by Gasteiger charge is -2.47. The third-order valence-corrected chi connectivity index (χ3v) is 5.86. The maximum atomic E-state index is 13.5. The molecular formula is C21H25F3N2O4. The minimum absolute atomic E-state index is 0.0690. The van der Waals surface area contributed by atoms with E-state index in [9.17, 15) is 22.8 Å². The van der Waals surface area contributed by atoms with Gasteiger partial charge in [-0.2, -0.15) is 13.2 Å². The summed E-state index contributed by atoms with van der Waals surface area (Å²) in [6.07, 6.45) is -2.46. The van der Waals surface area contributed by atoms with Crippen molar-refractivity contribution >= 4 is 17.5 Å². The first-order valence-corrected chi connectivity index (χ1v) is 10.2. The molecule has 1 aromatic carbocycles. The Hall–Kier alpha value is -2.13. The summed E-state index contributed by atoms with van der Waals surface area (Å²) in [6, 6.07) is 3.21. The van der Waals surface area contributed by atoms with Crippen LogP contribution in [0.5, 0.6) is 0 Å². The number of rotatable bonds is 2. The first-order valence-electron chi connectivity index (χ1n) is 10.2. The highest BCUT2D eigenvalue weighted by Crippen LogP contribution is 2.36. The van der Waals surface area contributed by atoms with Crippen molar-refractivity contribution in [1.29, 1.82) is 0 Å². The second kappa shape index (κ2) is 7.85. The van der Waals surface area contributed by atoms with Gasteiger partial charge in [0.05, 0.1) is 24.8 Å². The molecule has 0 aromatic heterocycles. The zero-order valence-corrected chi connectivity index (χ0v) is 16.8. The summed E-state index contributed by atoms with van der Waals surface area (Å²) >= 11 is 0. The van der Waals surface area contributed by atoms with Gasteiger partial charge < -0.3 is 19.3 Å². The molecule has 3 fully saturated rings. The Labute approximate surface area is 172 Å². The molecule has 0 radical (unpaired) electrons. The van der Waals surface area contributed by atoms with Gasteiger partial charge in [0.1, 0.15) is 5.60 Å². The number of benzene rings is 1. The highest BCUT2D eigenvalue weighted by atomic mass is 19.4. The number of hydrogen-bond acceptors (Lipinski definition) is 4. The molecule has 4 rings (SSSR count). The fourth-order valence-electron chi connectivity index (χ4n) is 4.58. The SMILES string of the molecule is CC1CN(C(=O)c2cc(N3CCCC3=O)cc(C(F)(F)F)c2)CC2(CCCOC2)O1. The van der Waals surface area contributed by atoms with Gasteiger partial charge in [-0.3, -0.25) is 9.59 Å². The van der Waals surface area contributed by atoms with Crippen molar-refractivity contribution in [2.24, 2.45) is 0 Å². The van der Waals surface area contributed by atoms with Crippen molar-refractivity contribution in [2.75, 3.05) is 37.7 Å². The topological polar surface area (TPSA) is 59.1 Å². The zero-order chi connectivity index (χ0) is 21.5. The number of anilines is 1. The molecule has 3 aliphatic heterocycles. The molecular weight excluding hydrogens is 401 g/mol. The third-order valence-electron chi connectivity index (χ3n) is 5.86. The molecule has 1 aromatic rings. The van der Waals surface area contributed by atoms with Crippen LogP contribution in [0, 0.1) is 0 Å². The summed E-state index contributed by atoms with van der Waals surface area (Å²) in [7, 11) is 0. The summed E-state index contributed by atoms with van der Waals surface area (Å²) in [6.45, 7) is 3.74. The number of hydrogen-bond donors (Lipinski definition) is 0. The predicted octanol–water partition coefficient (Wildman–Crippen LogP) is 3.24. The van der Waals surface area contributed by atoms with Gasteiger partial charge in [0.15, 0.2) is 0 Å². The van der Waals surface area contributed by atoms with Crippen molar-refractivity contribution < 1.29 is 32.2 Å². The van der Waals surface area contributed by atoms with Gasteiger partial charge in [-0.25, -0.2) is 0 Å². The van der Waals surface area contributed by atoms with Crippen molar-refractivity contribution in [2.45, 2.75) is 50.5 Å². The van der Waals surface area contributed by atoms with Crippen LogP contribution in [0.25, 0.3) is 0 Å². The maximum absolute atomic E-state index is 13.5. The maximum Gasteiger partial charge on any atom is 0.416 e. The fourth-order valence-corrected chi connectivity index (χ4v) is 4.58. The van der Waals surface area contributed by atoms with E-state index in [2.05, 4.69) is 0 Å². The van der Waals surface area contributed by atoms with Crippen LogP contribution < -0.4 is 4.90 Å². The lowest BCUT2D eigenvalue weighted by Crippen LogP contribution is -2.59. The second-order valence-electron chi connectivity index (χ2n) is 8.37. The molecule has 9 heteroatoms. The minimum Gasteiger partial charge on any atom is -0.378 e. The Balaban J connectivity index is 1.66.